The SMILES string of the molecule is COc1ccc(CN(C)C)cc1CCC=O. The van der Waals surface area contributed by atoms with Crippen LogP contribution in [0.4, 0.5) is 0 Å². The smallest absolute Gasteiger partial charge is 0.122 e. The highest BCUT2D eigenvalue weighted by molar-refractivity contribution is 5.51. The van der Waals surface area contributed by atoms with Gasteiger partial charge < -0.3 is 14.4 Å². The first-order chi connectivity index (χ1) is 7.67. The van der Waals surface area contributed by atoms with E-state index in [1.54, 1.807) is 7.11 Å². The minimum absolute atomic E-state index is 0.543. The van der Waals surface area contributed by atoms with Crippen LogP contribution in [0.25, 0.3) is 0 Å². The summed E-state index contributed by atoms with van der Waals surface area (Å²) in [5.74, 6) is 0.865. The number of carbonyl (C=O) groups is 1. The van der Waals surface area contributed by atoms with Crippen molar-refractivity contribution in [3.63, 3.8) is 0 Å². The van der Waals surface area contributed by atoms with Gasteiger partial charge in [0.25, 0.3) is 0 Å². The van der Waals surface area contributed by atoms with Gasteiger partial charge in [0, 0.05) is 13.0 Å². The van der Waals surface area contributed by atoms with Crippen LogP contribution in [0.1, 0.15) is 17.5 Å². The van der Waals surface area contributed by atoms with Crippen LogP contribution in [0.3, 0.4) is 0 Å². The van der Waals surface area contributed by atoms with E-state index in [0.717, 1.165) is 30.6 Å². The van der Waals surface area contributed by atoms with Gasteiger partial charge in [-0.25, -0.2) is 0 Å². The molecule has 0 fully saturated rings. The van der Waals surface area contributed by atoms with Crippen LogP contribution in [0.5, 0.6) is 5.75 Å². The second-order valence-electron chi connectivity index (χ2n) is 4.09. The summed E-state index contributed by atoms with van der Waals surface area (Å²) in [4.78, 5) is 12.5. The van der Waals surface area contributed by atoms with E-state index in [9.17, 15) is 4.79 Å². The Morgan fingerprint density at radius 2 is 2.12 bits per heavy atom. The summed E-state index contributed by atoms with van der Waals surface area (Å²) in [6.07, 6.45) is 2.23. The van der Waals surface area contributed by atoms with Gasteiger partial charge in [0.05, 0.1) is 7.11 Å². The maximum absolute atomic E-state index is 10.4. The fourth-order valence-corrected chi connectivity index (χ4v) is 1.71. The molecule has 0 heterocycles. The van der Waals surface area contributed by atoms with Crippen molar-refractivity contribution in [1.29, 1.82) is 0 Å². The van der Waals surface area contributed by atoms with Gasteiger partial charge in [-0.3, -0.25) is 0 Å². The zero-order chi connectivity index (χ0) is 12.0. The third kappa shape index (κ3) is 3.66. The molecule has 1 rings (SSSR count). The standard InChI is InChI=1S/C13H19NO2/c1-14(2)10-11-6-7-13(16-3)12(9-11)5-4-8-15/h6-9H,4-5,10H2,1-3H3. The third-order valence-corrected chi connectivity index (χ3v) is 2.38. The van der Waals surface area contributed by atoms with Gasteiger partial charge in [-0.05, 0) is 37.7 Å². The highest BCUT2D eigenvalue weighted by Gasteiger charge is 2.04. The number of benzene rings is 1. The third-order valence-electron chi connectivity index (χ3n) is 2.38. The van der Waals surface area contributed by atoms with E-state index in [0.29, 0.717) is 6.42 Å². The molecule has 3 nitrogen and oxygen atoms in total. The first kappa shape index (κ1) is 12.7. The second kappa shape index (κ2) is 6.28. The van der Waals surface area contributed by atoms with Crippen molar-refractivity contribution in [1.82, 2.24) is 4.90 Å². The molecule has 3 heteroatoms. The summed E-state index contributed by atoms with van der Waals surface area (Å²) < 4.78 is 5.27. The lowest BCUT2D eigenvalue weighted by atomic mass is 10.1. The summed E-state index contributed by atoms with van der Waals surface area (Å²) in [5.41, 5.74) is 2.35. The van der Waals surface area contributed by atoms with E-state index in [1.807, 2.05) is 20.2 Å². The number of nitrogens with zero attached hydrogens (tertiary/aromatic N) is 1. The van der Waals surface area contributed by atoms with Crippen molar-refractivity contribution in [2.75, 3.05) is 21.2 Å². The summed E-state index contributed by atoms with van der Waals surface area (Å²) in [5, 5.41) is 0. The molecule has 0 amide bonds. The lowest BCUT2D eigenvalue weighted by molar-refractivity contribution is -0.107. The van der Waals surface area contributed by atoms with Crippen LogP contribution in [-0.2, 0) is 17.8 Å². The largest absolute Gasteiger partial charge is 0.496 e. The number of methoxy groups -OCH3 is 1. The zero-order valence-electron chi connectivity index (χ0n) is 10.2. The molecular formula is C13H19NO2. The molecule has 88 valence electrons. The van der Waals surface area contributed by atoms with Gasteiger partial charge in [-0.1, -0.05) is 12.1 Å². The fraction of sp³-hybridized carbons (Fsp3) is 0.462. The monoisotopic (exact) mass is 221 g/mol. The molecule has 0 radical (unpaired) electrons. The van der Waals surface area contributed by atoms with Gasteiger partial charge in [0.1, 0.15) is 12.0 Å². The number of ether oxygens (including phenoxy) is 1. The van der Waals surface area contributed by atoms with Crippen LogP contribution in [0.15, 0.2) is 18.2 Å². The average molecular weight is 221 g/mol. The maximum Gasteiger partial charge on any atom is 0.122 e. The molecule has 0 spiro atoms. The highest BCUT2D eigenvalue weighted by Crippen LogP contribution is 2.21. The normalized spacial score (nSPS) is 10.5. The molecule has 1 aromatic rings. The average Bonchev–Trinajstić information content (AvgIpc) is 2.25. The number of hydrogen-bond donors (Lipinski definition) is 0. The fourth-order valence-electron chi connectivity index (χ4n) is 1.71. The number of carbonyl (C=O) groups excluding carboxylic acids is 1. The Balaban J connectivity index is 2.86. The van der Waals surface area contributed by atoms with E-state index < -0.39 is 0 Å². The highest BCUT2D eigenvalue weighted by atomic mass is 16.5. The minimum Gasteiger partial charge on any atom is -0.496 e. The Morgan fingerprint density at radius 1 is 1.38 bits per heavy atom. The van der Waals surface area contributed by atoms with Crippen molar-refractivity contribution >= 4 is 6.29 Å². The molecule has 0 unspecified atom stereocenters. The molecule has 0 bridgehead atoms. The van der Waals surface area contributed by atoms with Crippen LogP contribution >= 0.6 is 0 Å². The Bertz CT molecular complexity index is 348. The minimum atomic E-state index is 0.543. The summed E-state index contributed by atoms with van der Waals surface area (Å²) in [7, 11) is 5.73. The molecular weight excluding hydrogens is 202 g/mol. The van der Waals surface area contributed by atoms with E-state index in [1.165, 1.54) is 5.56 Å². The predicted octanol–water partition coefficient (Wildman–Crippen LogP) is 1.89. The summed E-state index contributed by atoms with van der Waals surface area (Å²) in [6.45, 7) is 0.901. The summed E-state index contributed by atoms with van der Waals surface area (Å²) >= 11 is 0. The molecule has 0 aliphatic heterocycles. The maximum atomic E-state index is 10.4. The van der Waals surface area contributed by atoms with Crippen LogP contribution in [-0.4, -0.2) is 32.4 Å². The van der Waals surface area contributed by atoms with Gasteiger partial charge in [0.2, 0.25) is 0 Å². The van der Waals surface area contributed by atoms with Crippen molar-refractivity contribution in [2.45, 2.75) is 19.4 Å². The van der Waals surface area contributed by atoms with E-state index in [4.69, 9.17) is 4.74 Å². The molecule has 0 aliphatic rings. The number of rotatable bonds is 6. The topological polar surface area (TPSA) is 29.5 Å². The molecule has 0 aliphatic carbocycles. The van der Waals surface area contributed by atoms with Crippen LogP contribution < -0.4 is 4.74 Å². The van der Waals surface area contributed by atoms with Crippen LogP contribution in [0.2, 0.25) is 0 Å². The molecule has 0 N–H and O–H groups in total. The van der Waals surface area contributed by atoms with Gasteiger partial charge in [0.15, 0.2) is 0 Å². The first-order valence-electron chi connectivity index (χ1n) is 5.41. The van der Waals surface area contributed by atoms with Gasteiger partial charge in [-0.2, -0.15) is 0 Å². The Kier molecular flexibility index (Phi) is 4.99. The Morgan fingerprint density at radius 3 is 2.69 bits per heavy atom. The number of aldehydes is 1. The molecule has 0 saturated heterocycles. The molecule has 0 aromatic heterocycles. The van der Waals surface area contributed by atoms with Crippen molar-refractivity contribution < 1.29 is 9.53 Å². The van der Waals surface area contributed by atoms with Gasteiger partial charge >= 0.3 is 0 Å². The Labute approximate surface area is 97.0 Å². The predicted molar refractivity (Wildman–Crippen MR) is 64.8 cm³/mol. The van der Waals surface area contributed by atoms with Crippen molar-refractivity contribution in [3.05, 3.63) is 29.3 Å². The van der Waals surface area contributed by atoms with E-state index in [-0.39, 0.29) is 0 Å². The molecule has 0 saturated carbocycles. The lowest BCUT2D eigenvalue weighted by Crippen LogP contribution is -2.11. The van der Waals surface area contributed by atoms with Crippen LogP contribution in [0, 0.1) is 0 Å². The summed E-state index contributed by atoms with van der Waals surface area (Å²) in [6, 6.07) is 6.14. The second-order valence-corrected chi connectivity index (χ2v) is 4.09. The molecule has 1 aromatic carbocycles. The van der Waals surface area contributed by atoms with Crippen molar-refractivity contribution in [3.8, 4) is 5.75 Å². The first-order valence-corrected chi connectivity index (χ1v) is 5.41. The van der Waals surface area contributed by atoms with E-state index >= 15 is 0 Å². The van der Waals surface area contributed by atoms with E-state index in [2.05, 4.69) is 17.0 Å². The van der Waals surface area contributed by atoms with Crippen molar-refractivity contribution in [2.24, 2.45) is 0 Å². The number of hydrogen-bond acceptors (Lipinski definition) is 3. The lowest BCUT2D eigenvalue weighted by Gasteiger charge is -2.13. The number of aryl methyl sites for hydroxylation is 1. The zero-order valence-corrected chi connectivity index (χ0v) is 10.2. The molecule has 16 heavy (non-hydrogen) atoms. The molecule has 0 atom stereocenters. The quantitative estimate of drug-likeness (QED) is 0.687. The van der Waals surface area contributed by atoms with Gasteiger partial charge in [-0.15, -0.1) is 0 Å². The Hall–Kier alpha value is -1.35.